The van der Waals surface area contributed by atoms with Crippen molar-refractivity contribution < 1.29 is 40.6 Å². The number of benzene rings is 1. The fraction of sp³-hybridized carbons (Fsp3) is 0.700. The Morgan fingerprint density at radius 2 is 2.17 bits per heavy atom. The summed E-state index contributed by atoms with van der Waals surface area (Å²) in [6, 6.07) is -5.58. The average molecular weight is 353 g/mol. The molecule has 1 fully saturated rings. The SMILES string of the molecule is [2H]c1c(OC)c(OC)c([2H])c2c1C([2H])([2H])C([2H])([2H])N1CC([2H])(C([2H])([2H])C(C)(C([2H])([2H])[2H])C([2H])([2H])[2H])C([2H])(O)C([2H])([2H])C21[2H]. The number of hydrogen-bond donors (Lipinski definition) is 1. The smallest absolute Gasteiger partial charge is 0.161 e. The highest BCUT2D eigenvalue weighted by Crippen LogP contribution is 2.44. The predicted molar refractivity (Wildman–Crippen MR) is 95.7 cm³/mol. The van der Waals surface area contributed by atoms with Crippen LogP contribution in [0.1, 0.15) is 76.6 Å². The van der Waals surface area contributed by atoms with Gasteiger partial charge in [0.2, 0.25) is 0 Å². The molecule has 3 atom stereocenters. The van der Waals surface area contributed by atoms with Crippen LogP contribution in [0.5, 0.6) is 11.5 Å². The Balaban J connectivity index is 2.60. The maximum Gasteiger partial charge on any atom is 0.161 e. The van der Waals surface area contributed by atoms with Crippen molar-refractivity contribution in [1.29, 1.82) is 0 Å². The molecule has 2 aliphatic rings. The fourth-order valence-corrected chi connectivity index (χ4v) is 2.41. The molecule has 1 aromatic carbocycles. The highest BCUT2D eigenvalue weighted by atomic mass is 16.5. The summed E-state index contributed by atoms with van der Waals surface area (Å²) in [4.78, 5) is -0.0704. The van der Waals surface area contributed by atoms with Gasteiger partial charge in [0.05, 0.1) is 25.8 Å². The molecule has 3 unspecified atom stereocenters. The van der Waals surface area contributed by atoms with Crippen molar-refractivity contribution in [2.24, 2.45) is 11.3 Å². The summed E-state index contributed by atoms with van der Waals surface area (Å²) in [5.74, 6) is -5.18. The van der Waals surface area contributed by atoms with E-state index in [1.807, 2.05) is 0 Å². The third-order valence-corrected chi connectivity index (χ3v) is 3.40. The Kier molecular flexibility index (Phi) is 1.54. The van der Waals surface area contributed by atoms with Crippen molar-refractivity contribution in [1.82, 2.24) is 4.90 Å². The first-order valence-corrected chi connectivity index (χ1v) is 7.07. The van der Waals surface area contributed by atoms with Crippen LogP contribution in [-0.2, 0) is 6.37 Å². The zero-order chi connectivity index (χ0) is 34.2. The molecule has 4 heteroatoms. The molecule has 2 heterocycles. The topological polar surface area (TPSA) is 41.9 Å². The monoisotopic (exact) mass is 352 g/mol. The Labute approximate surface area is 172 Å². The second kappa shape index (κ2) is 6.57. The molecule has 24 heavy (non-hydrogen) atoms. The number of fused-ring (bicyclic) bond motifs is 3. The molecule has 0 aliphatic carbocycles. The largest absolute Gasteiger partial charge is 0.493 e. The Morgan fingerprint density at radius 1 is 1.46 bits per heavy atom. The van der Waals surface area contributed by atoms with E-state index in [0.717, 1.165) is 14.2 Å². The van der Waals surface area contributed by atoms with Crippen molar-refractivity contribution >= 4 is 0 Å². The quantitative estimate of drug-likeness (QED) is 0.905. The van der Waals surface area contributed by atoms with Gasteiger partial charge in [0, 0.05) is 39.6 Å². The van der Waals surface area contributed by atoms with E-state index in [9.17, 15) is 6.48 Å². The van der Waals surface area contributed by atoms with Gasteiger partial charge in [0.15, 0.2) is 11.5 Å². The first-order valence-electron chi connectivity index (χ1n) is 16.6. The van der Waals surface area contributed by atoms with Crippen LogP contribution in [0.25, 0.3) is 0 Å². The van der Waals surface area contributed by atoms with E-state index >= 15 is 0 Å². The molecule has 134 valence electrons. The minimum absolute atomic E-state index is 0.0704. The van der Waals surface area contributed by atoms with Gasteiger partial charge in [-0.15, -0.1) is 0 Å². The summed E-state index contributed by atoms with van der Waals surface area (Å²) in [7, 11) is 2.01. The molecule has 4 nitrogen and oxygen atoms in total. The van der Waals surface area contributed by atoms with Crippen molar-refractivity contribution in [3.63, 3.8) is 0 Å². The first-order chi connectivity index (χ1) is 18.8. The Hall–Kier alpha value is -1.26. The standard InChI is InChI=1S/C20H31NO3/c1-20(2,3)11-14-12-21-7-6-13-8-18(23-4)19(24-5)9-15(13)16(21)10-17(14)22/h8-9,14,16-17,22H,6-7,10-12H2,1-5H3/i1D3,2D3,6D2,7D2,8D,9D,10D2,11D2,14D,16D,17D. The summed E-state index contributed by atoms with van der Waals surface area (Å²) in [5, 5.41) is 11.5. The lowest BCUT2D eigenvalue weighted by molar-refractivity contribution is -0.0259. The molecule has 0 spiro atoms. The highest BCUT2D eigenvalue weighted by Gasteiger charge is 2.39. The average Bonchev–Trinajstić information content (AvgIpc) is 2.82. The number of nitrogens with zero attached hydrogens (tertiary/aromatic N) is 1. The third-order valence-electron chi connectivity index (χ3n) is 3.40. The van der Waals surface area contributed by atoms with Crippen LogP contribution in [0.4, 0.5) is 0 Å². The molecule has 0 saturated carbocycles. The molecular weight excluding hydrogens is 302 g/mol. The Bertz CT molecular complexity index is 1310. The second-order valence-electron chi connectivity index (χ2n) is 5.44. The molecule has 1 saturated heterocycles. The van der Waals surface area contributed by atoms with Gasteiger partial charge in [-0.25, -0.2) is 0 Å². The maximum atomic E-state index is 11.5. The molecule has 0 bridgehead atoms. The number of aliphatic hydroxyl groups is 1. The van der Waals surface area contributed by atoms with E-state index < -0.39 is 104 Å². The number of piperidine rings is 1. The van der Waals surface area contributed by atoms with E-state index in [2.05, 4.69) is 0 Å². The minimum Gasteiger partial charge on any atom is -0.493 e. The van der Waals surface area contributed by atoms with Gasteiger partial charge < -0.3 is 14.6 Å². The van der Waals surface area contributed by atoms with Gasteiger partial charge in [-0.1, -0.05) is 20.6 Å². The zero-order valence-electron chi connectivity index (χ0n) is 32.4. The summed E-state index contributed by atoms with van der Waals surface area (Å²) in [6.07, 6.45) is -16.0. The van der Waals surface area contributed by atoms with Crippen LogP contribution in [0.2, 0.25) is 0 Å². The van der Waals surface area contributed by atoms with Gasteiger partial charge >= 0.3 is 0 Å². The molecule has 2 aliphatic heterocycles. The van der Waals surface area contributed by atoms with E-state index in [1.54, 1.807) is 0 Å². The first kappa shape index (κ1) is 5.62. The van der Waals surface area contributed by atoms with Crippen molar-refractivity contribution in [2.45, 2.75) is 51.8 Å². The molecule has 3 rings (SSSR count). The lowest BCUT2D eigenvalue weighted by atomic mass is 9.75. The molecule has 0 amide bonds. The maximum absolute atomic E-state index is 11.5. The van der Waals surface area contributed by atoms with Crippen LogP contribution in [0, 0.1) is 11.3 Å². The van der Waals surface area contributed by atoms with E-state index in [4.69, 9.17) is 34.1 Å². The molecule has 1 aromatic rings. The predicted octanol–water partition coefficient (Wildman–Crippen LogP) is 3.42. The summed E-state index contributed by atoms with van der Waals surface area (Å²) >= 11 is 0. The van der Waals surface area contributed by atoms with Crippen molar-refractivity contribution in [3.8, 4) is 11.5 Å². The van der Waals surface area contributed by atoms with Crippen molar-refractivity contribution in [3.05, 3.63) is 23.2 Å². The van der Waals surface area contributed by atoms with Gasteiger partial charge in [0.25, 0.3) is 0 Å². The van der Waals surface area contributed by atoms with E-state index in [0.29, 0.717) is 6.92 Å². The second-order valence-corrected chi connectivity index (χ2v) is 5.44. The van der Waals surface area contributed by atoms with Crippen LogP contribution in [-0.4, -0.2) is 43.3 Å². The van der Waals surface area contributed by atoms with E-state index in [-0.39, 0.29) is 4.90 Å². The zero-order valence-corrected chi connectivity index (χ0v) is 13.4. The third kappa shape index (κ3) is 3.40. The fourth-order valence-electron chi connectivity index (χ4n) is 2.41. The minimum atomic E-state index is -4.29. The van der Waals surface area contributed by atoms with Gasteiger partial charge in [0.1, 0.15) is 0 Å². The van der Waals surface area contributed by atoms with Gasteiger partial charge in [-0.05, 0) is 53.6 Å². The molecule has 0 aromatic heterocycles. The lowest BCUT2D eigenvalue weighted by Crippen LogP contribution is -2.48. The number of methoxy groups -OCH3 is 2. The van der Waals surface area contributed by atoms with Crippen molar-refractivity contribution in [2.75, 3.05) is 27.3 Å². The van der Waals surface area contributed by atoms with Gasteiger partial charge in [-0.2, -0.15) is 0 Å². The lowest BCUT2D eigenvalue weighted by Gasteiger charge is -2.47. The molecular formula is C20H31NO3. The molecule has 0 radical (unpaired) electrons. The normalized spacial score (nSPS) is 56.1. The van der Waals surface area contributed by atoms with E-state index in [1.165, 1.54) is 0 Å². The number of rotatable bonds is 3. The summed E-state index contributed by atoms with van der Waals surface area (Å²) < 4.78 is 172. The number of ether oxygens (including phenoxy) is 2. The van der Waals surface area contributed by atoms with Crippen LogP contribution in [0.3, 0.4) is 0 Å². The highest BCUT2D eigenvalue weighted by molar-refractivity contribution is 5.49. The van der Waals surface area contributed by atoms with Crippen LogP contribution < -0.4 is 9.47 Å². The summed E-state index contributed by atoms with van der Waals surface area (Å²) in [5.41, 5.74) is -5.81. The van der Waals surface area contributed by atoms with Crippen LogP contribution in [0.15, 0.2) is 12.1 Å². The number of hydrogen-bond acceptors (Lipinski definition) is 4. The summed E-state index contributed by atoms with van der Waals surface area (Å²) in [6.45, 7) is -12.7. The Morgan fingerprint density at radius 3 is 2.83 bits per heavy atom. The molecule has 1 N–H and O–H groups in total. The van der Waals surface area contributed by atoms with Crippen LogP contribution >= 0.6 is 0 Å². The van der Waals surface area contributed by atoms with Gasteiger partial charge in [-0.3, -0.25) is 4.90 Å².